The average Bonchev–Trinajstić information content (AvgIpc) is 2.01. The topological polar surface area (TPSA) is 33.1 Å². The van der Waals surface area contributed by atoms with Crippen molar-refractivity contribution in [3.63, 3.8) is 0 Å². The molecule has 2 nitrogen and oxygen atoms in total. The molecule has 0 aliphatic carbocycles. The Morgan fingerprint density at radius 1 is 1.55 bits per heavy atom. The Labute approximate surface area is 73.7 Å². The van der Waals surface area contributed by atoms with Gasteiger partial charge in [-0.05, 0) is 27.6 Å². The van der Waals surface area contributed by atoms with E-state index in [-0.39, 0.29) is 6.61 Å². The zero-order valence-corrected chi connectivity index (χ0v) is 7.45. The maximum Gasteiger partial charge on any atom is 0.0615 e. The van der Waals surface area contributed by atoms with Crippen LogP contribution in [0.15, 0.2) is 29.0 Å². The van der Waals surface area contributed by atoms with Crippen molar-refractivity contribution in [2.45, 2.75) is 0 Å². The van der Waals surface area contributed by atoms with Gasteiger partial charge in [-0.15, -0.1) is 0 Å². The van der Waals surface area contributed by atoms with Crippen LogP contribution < -0.4 is 0 Å². The Bertz CT molecular complexity index is 260. The Morgan fingerprint density at radius 3 is 3.00 bits per heavy atom. The standard InChI is InChI=1S/C8H8BrNO/c9-8-4-7(2-1-3-11)5-10-6-8/h1-2,4-6,11H,3H2/b2-1+. The lowest BCUT2D eigenvalue weighted by molar-refractivity contribution is 0.343. The van der Waals surface area contributed by atoms with E-state index < -0.39 is 0 Å². The third kappa shape index (κ3) is 2.82. The van der Waals surface area contributed by atoms with Gasteiger partial charge in [0.2, 0.25) is 0 Å². The molecule has 1 aromatic rings. The quantitative estimate of drug-likeness (QED) is 0.814. The molecule has 0 atom stereocenters. The monoisotopic (exact) mass is 213 g/mol. The van der Waals surface area contributed by atoms with E-state index in [1.165, 1.54) is 0 Å². The largest absolute Gasteiger partial charge is 0.392 e. The van der Waals surface area contributed by atoms with Crippen LogP contribution in [0.5, 0.6) is 0 Å². The van der Waals surface area contributed by atoms with Gasteiger partial charge in [0.1, 0.15) is 0 Å². The van der Waals surface area contributed by atoms with Gasteiger partial charge in [0.15, 0.2) is 0 Å². The molecule has 0 aliphatic heterocycles. The number of aliphatic hydroxyl groups excluding tert-OH is 1. The predicted octanol–water partition coefficient (Wildman–Crippen LogP) is 1.85. The molecule has 0 aromatic carbocycles. The lowest BCUT2D eigenvalue weighted by Crippen LogP contribution is -1.77. The predicted molar refractivity (Wildman–Crippen MR) is 48.1 cm³/mol. The van der Waals surface area contributed by atoms with E-state index in [4.69, 9.17) is 5.11 Å². The van der Waals surface area contributed by atoms with Crippen molar-refractivity contribution in [3.8, 4) is 0 Å². The van der Waals surface area contributed by atoms with Crippen LogP contribution >= 0.6 is 15.9 Å². The van der Waals surface area contributed by atoms with Crippen molar-refractivity contribution in [2.24, 2.45) is 0 Å². The summed E-state index contributed by atoms with van der Waals surface area (Å²) in [6.07, 6.45) is 6.94. The summed E-state index contributed by atoms with van der Waals surface area (Å²) < 4.78 is 0.942. The molecule has 0 aliphatic rings. The number of aliphatic hydroxyl groups is 1. The minimum absolute atomic E-state index is 0.0620. The summed E-state index contributed by atoms with van der Waals surface area (Å²) in [5.41, 5.74) is 0.980. The van der Waals surface area contributed by atoms with Gasteiger partial charge in [0.05, 0.1) is 6.61 Å². The summed E-state index contributed by atoms with van der Waals surface area (Å²) in [5.74, 6) is 0. The third-order valence-electron chi connectivity index (χ3n) is 1.14. The van der Waals surface area contributed by atoms with Gasteiger partial charge < -0.3 is 5.11 Å². The maximum atomic E-state index is 8.48. The van der Waals surface area contributed by atoms with E-state index in [1.807, 2.05) is 12.1 Å². The van der Waals surface area contributed by atoms with Crippen LogP contribution in [-0.4, -0.2) is 16.7 Å². The minimum atomic E-state index is 0.0620. The van der Waals surface area contributed by atoms with Crippen LogP contribution in [0.4, 0.5) is 0 Å². The van der Waals surface area contributed by atoms with E-state index in [0.717, 1.165) is 10.0 Å². The molecule has 11 heavy (non-hydrogen) atoms. The molecule has 1 heterocycles. The Hall–Kier alpha value is -0.670. The molecule has 3 heteroatoms. The van der Waals surface area contributed by atoms with Gasteiger partial charge in [-0.3, -0.25) is 4.98 Å². The van der Waals surface area contributed by atoms with Crippen molar-refractivity contribution in [3.05, 3.63) is 34.6 Å². The molecule has 0 saturated carbocycles. The first kappa shape index (κ1) is 8.43. The molecule has 0 bridgehead atoms. The van der Waals surface area contributed by atoms with Crippen molar-refractivity contribution in [2.75, 3.05) is 6.61 Å². The highest BCUT2D eigenvalue weighted by Crippen LogP contribution is 2.10. The molecule has 1 N–H and O–H groups in total. The zero-order chi connectivity index (χ0) is 8.10. The number of pyridine rings is 1. The zero-order valence-electron chi connectivity index (χ0n) is 5.87. The SMILES string of the molecule is OC/C=C/c1cncc(Br)c1. The second kappa shape index (κ2) is 4.26. The highest BCUT2D eigenvalue weighted by atomic mass is 79.9. The van der Waals surface area contributed by atoms with E-state index in [9.17, 15) is 0 Å². The highest BCUT2D eigenvalue weighted by Gasteiger charge is 1.87. The van der Waals surface area contributed by atoms with Gasteiger partial charge in [-0.1, -0.05) is 12.2 Å². The first-order valence-electron chi connectivity index (χ1n) is 3.21. The number of halogens is 1. The van der Waals surface area contributed by atoms with E-state index in [1.54, 1.807) is 18.5 Å². The van der Waals surface area contributed by atoms with Gasteiger partial charge in [0.25, 0.3) is 0 Å². The average molecular weight is 214 g/mol. The first-order valence-corrected chi connectivity index (χ1v) is 4.00. The molecule has 0 amide bonds. The molecule has 0 radical (unpaired) electrons. The number of nitrogens with zero attached hydrogens (tertiary/aromatic N) is 1. The van der Waals surface area contributed by atoms with Crippen molar-refractivity contribution in [1.82, 2.24) is 4.98 Å². The van der Waals surface area contributed by atoms with Crippen molar-refractivity contribution in [1.29, 1.82) is 0 Å². The highest BCUT2D eigenvalue weighted by molar-refractivity contribution is 9.10. The van der Waals surface area contributed by atoms with Crippen LogP contribution in [-0.2, 0) is 0 Å². The van der Waals surface area contributed by atoms with Crippen LogP contribution in [0, 0.1) is 0 Å². The smallest absolute Gasteiger partial charge is 0.0615 e. The Morgan fingerprint density at radius 2 is 2.36 bits per heavy atom. The fraction of sp³-hybridized carbons (Fsp3) is 0.125. The van der Waals surface area contributed by atoms with E-state index in [2.05, 4.69) is 20.9 Å². The normalized spacial score (nSPS) is 10.7. The molecular formula is C8H8BrNO. The second-order valence-corrected chi connectivity index (χ2v) is 2.94. The van der Waals surface area contributed by atoms with Gasteiger partial charge in [-0.25, -0.2) is 0 Å². The minimum Gasteiger partial charge on any atom is -0.392 e. The molecule has 1 aromatic heterocycles. The first-order chi connectivity index (χ1) is 5.33. The fourth-order valence-corrected chi connectivity index (χ4v) is 1.09. The molecule has 58 valence electrons. The van der Waals surface area contributed by atoms with Crippen molar-refractivity contribution < 1.29 is 5.11 Å². The maximum absolute atomic E-state index is 8.48. The summed E-state index contributed by atoms with van der Waals surface area (Å²) in [6.45, 7) is 0.0620. The summed E-state index contributed by atoms with van der Waals surface area (Å²) in [6, 6.07) is 1.93. The molecule has 0 fully saturated rings. The number of hydrogen-bond donors (Lipinski definition) is 1. The molecule has 0 unspecified atom stereocenters. The van der Waals surface area contributed by atoms with E-state index >= 15 is 0 Å². The third-order valence-corrected chi connectivity index (χ3v) is 1.58. The number of rotatable bonds is 2. The summed E-state index contributed by atoms with van der Waals surface area (Å²) in [5, 5.41) is 8.48. The lowest BCUT2D eigenvalue weighted by Gasteiger charge is -1.91. The second-order valence-electron chi connectivity index (χ2n) is 2.02. The van der Waals surface area contributed by atoms with Gasteiger partial charge in [-0.2, -0.15) is 0 Å². The Balaban J connectivity index is 2.79. The summed E-state index contributed by atoms with van der Waals surface area (Å²) in [7, 11) is 0. The van der Waals surface area contributed by atoms with Crippen LogP contribution in [0.2, 0.25) is 0 Å². The van der Waals surface area contributed by atoms with Crippen LogP contribution in [0.25, 0.3) is 6.08 Å². The molecule has 0 spiro atoms. The molecule has 1 rings (SSSR count). The lowest BCUT2D eigenvalue weighted by atomic mass is 10.3. The number of hydrogen-bond acceptors (Lipinski definition) is 2. The Kier molecular flexibility index (Phi) is 3.26. The fourth-order valence-electron chi connectivity index (χ4n) is 0.708. The summed E-state index contributed by atoms with van der Waals surface area (Å²) in [4.78, 5) is 3.96. The summed E-state index contributed by atoms with van der Waals surface area (Å²) >= 11 is 3.30. The van der Waals surface area contributed by atoms with Crippen molar-refractivity contribution >= 4 is 22.0 Å². The van der Waals surface area contributed by atoms with Crippen LogP contribution in [0.3, 0.4) is 0 Å². The van der Waals surface area contributed by atoms with E-state index in [0.29, 0.717) is 0 Å². The van der Waals surface area contributed by atoms with Gasteiger partial charge >= 0.3 is 0 Å². The van der Waals surface area contributed by atoms with Crippen LogP contribution in [0.1, 0.15) is 5.56 Å². The molecular weight excluding hydrogens is 206 g/mol. The number of aromatic nitrogens is 1. The molecule has 0 saturated heterocycles. The van der Waals surface area contributed by atoms with Gasteiger partial charge in [0, 0.05) is 16.9 Å².